The summed E-state index contributed by atoms with van der Waals surface area (Å²) < 4.78 is 0. The fraction of sp³-hybridized carbons (Fsp3) is 0.500. The van der Waals surface area contributed by atoms with Crippen molar-refractivity contribution in [2.24, 2.45) is 0 Å². The molecule has 0 fully saturated rings. The SMILES string of the molecule is CC(CNC(C)(C)C)n1nnc(-c2ccccc2)n1. The number of aromatic nitrogens is 4. The van der Waals surface area contributed by atoms with Gasteiger partial charge in [0.1, 0.15) is 0 Å². The Bertz CT molecular complexity index is 512. The van der Waals surface area contributed by atoms with E-state index in [4.69, 9.17) is 0 Å². The van der Waals surface area contributed by atoms with Crippen LogP contribution >= 0.6 is 0 Å². The summed E-state index contributed by atoms with van der Waals surface area (Å²) in [5, 5.41) is 16.1. The molecule has 1 N–H and O–H groups in total. The van der Waals surface area contributed by atoms with Gasteiger partial charge in [-0.3, -0.25) is 0 Å². The molecule has 2 rings (SSSR count). The van der Waals surface area contributed by atoms with Gasteiger partial charge in [0.15, 0.2) is 0 Å². The first-order valence-electron chi connectivity index (χ1n) is 6.56. The number of nitrogens with one attached hydrogen (secondary N) is 1. The summed E-state index contributed by atoms with van der Waals surface area (Å²) in [7, 11) is 0. The van der Waals surface area contributed by atoms with Crippen molar-refractivity contribution in [3.8, 4) is 11.4 Å². The summed E-state index contributed by atoms with van der Waals surface area (Å²) >= 11 is 0. The van der Waals surface area contributed by atoms with Crippen LogP contribution in [0.25, 0.3) is 11.4 Å². The molecule has 0 saturated carbocycles. The smallest absolute Gasteiger partial charge is 0.204 e. The Morgan fingerprint density at radius 3 is 2.53 bits per heavy atom. The summed E-state index contributed by atoms with van der Waals surface area (Å²) in [6.07, 6.45) is 0. The molecule has 0 aliphatic carbocycles. The van der Waals surface area contributed by atoms with Crippen LogP contribution in [0.15, 0.2) is 30.3 Å². The molecule has 1 heterocycles. The van der Waals surface area contributed by atoms with Gasteiger partial charge in [-0.25, -0.2) is 0 Å². The molecule has 0 radical (unpaired) electrons. The van der Waals surface area contributed by atoms with Gasteiger partial charge in [-0.15, -0.1) is 10.2 Å². The van der Waals surface area contributed by atoms with Crippen molar-refractivity contribution >= 4 is 0 Å². The molecule has 102 valence electrons. The molecule has 0 spiro atoms. The van der Waals surface area contributed by atoms with E-state index in [0.29, 0.717) is 5.82 Å². The van der Waals surface area contributed by atoms with Gasteiger partial charge in [0.05, 0.1) is 6.04 Å². The summed E-state index contributed by atoms with van der Waals surface area (Å²) in [6.45, 7) is 9.32. The van der Waals surface area contributed by atoms with Crippen LogP contribution in [0, 0.1) is 0 Å². The zero-order chi connectivity index (χ0) is 13.9. The van der Waals surface area contributed by atoms with E-state index in [9.17, 15) is 0 Å². The van der Waals surface area contributed by atoms with Crippen molar-refractivity contribution in [3.63, 3.8) is 0 Å². The zero-order valence-corrected chi connectivity index (χ0v) is 12.0. The minimum Gasteiger partial charge on any atom is -0.310 e. The lowest BCUT2D eigenvalue weighted by Gasteiger charge is -2.22. The molecule has 2 aromatic rings. The number of hydrogen-bond acceptors (Lipinski definition) is 4. The van der Waals surface area contributed by atoms with Crippen molar-refractivity contribution < 1.29 is 0 Å². The topological polar surface area (TPSA) is 55.6 Å². The molecule has 0 aliphatic heterocycles. The number of hydrogen-bond donors (Lipinski definition) is 1. The van der Waals surface area contributed by atoms with E-state index < -0.39 is 0 Å². The van der Waals surface area contributed by atoms with Gasteiger partial charge in [-0.2, -0.15) is 4.80 Å². The fourth-order valence-corrected chi connectivity index (χ4v) is 1.65. The Hall–Kier alpha value is -1.75. The summed E-state index contributed by atoms with van der Waals surface area (Å²) in [5.74, 6) is 0.670. The monoisotopic (exact) mass is 259 g/mol. The second kappa shape index (κ2) is 5.48. The predicted molar refractivity (Wildman–Crippen MR) is 75.7 cm³/mol. The third kappa shape index (κ3) is 3.86. The van der Waals surface area contributed by atoms with Crippen molar-refractivity contribution in [2.75, 3.05) is 6.54 Å². The Morgan fingerprint density at radius 1 is 1.21 bits per heavy atom. The number of nitrogens with zero attached hydrogens (tertiary/aromatic N) is 4. The highest BCUT2D eigenvalue weighted by atomic mass is 15.6. The molecule has 5 heteroatoms. The van der Waals surface area contributed by atoms with Crippen molar-refractivity contribution in [1.82, 2.24) is 25.5 Å². The van der Waals surface area contributed by atoms with E-state index in [2.05, 4.69) is 48.4 Å². The summed E-state index contributed by atoms with van der Waals surface area (Å²) in [4.78, 5) is 1.67. The highest BCUT2D eigenvalue weighted by molar-refractivity contribution is 5.52. The van der Waals surface area contributed by atoms with Crippen molar-refractivity contribution in [2.45, 2.75) is 39.3 Å². The standard InChI is InChI=1S/C14H21N5/c1-11(10-15-14(2,3)4)19-17-13(16-18-19)12-8-6-5-7-9-12/h5-9,11,15H,10H2,1-4H3. The van der Waals surface area contributed by atoms with Gasteiger partial charge in [-0.05, 0) is 32.9 Å². The van der Waals surface area contributed by atoms with Crippen LogP contribution in [0.4, 0.5) is 0 Å². The normalized spacial score (nSPS) is 13.5. The molecule has 1 unspecified atom stereocenters. The van der Waals surface area contributed by atoms with E-state index in [-0.39, 0.29) is 11.6 Å². The van der Waals surface area contributed by atoms with Crippen LogP contribution in [0.1, 0.15) is 33.7 Å². The van der Waals surface area contributed by atoms with Crippen LogP contribution in [0.5, 0.6) is 0 Å². The van der Waals surface area contributed by atoms with Crippen LogP contribution in [0.3, 0.4) is 0 Å². The molecule has 1 aromatic heterocycles. The van der Waals surface area contributed by atoms with E-state index in [0.717, 1.165) is 12.1 Å². The Balaban J connectivity index is 2.05. The maximum Gasteiger partial charge on any atom is 0.204 e. The number of benzene rings is 1. The lowest BCUT2D eigenvalue weighted by molar-refractivity contribution is 0.342. The fourth-order valence-electron chi connectivity index (χ4n) is 1.65. The first-order chi connectivity index (χ1) is 8.96. The van der Waals surface area contributed by atoms with Crippen LogP contribution < -0.4 is 5.32 Å². The van der Waals surface area contributed by atoms with E-state index in [1.807, 2.05) is 30.3 Å². The van der Waals surface area contributed by atoms with E-state index in [1.54, 1.807) is 4.80 Å². The number of rotatable bonds is 4. The van der Waals surface area contributed by atoms with Crippen molar-refractivity contribution in [3.05, 3.63) is 30.3 Å². The summed E-state index contributed by atoms with van der Waals surface area (Å²) in [5.41, 5.74) is 1.08. The van der Waals surface area contributed by atoms with E-state index >= 15 is 0 Å². The average Bonchev–Trinajstić information content (AvgIpc) is 2.86. The first-order valence-corrected chi connectivity index (χ1v) is 6.56. The van der Waals surface area contributed by atoms with E-state index in [1.165, 1.54) is 0 Å². The second-order valence-corrected chi connectivity index (χ2v) is 5.78. The van der Waals surface area contributed by atoms with Gasteiger partial charge in [0, 0.05) is 17.6 Å². The Labute approximate surface area is 114 Å². The van der Waals surface area contributed by atoms with Gasteiger partial charge in [-0.1, -0.05) is 30.3 Å². The zero-order valence-electron chi connectivity index (χ0n) is 12.0. The van der Waals surface area contributed by atoms with Crippen LogP contribution in [0.2, 0.25) is 0 Å². The first kappa shape index (κ1) is 13.7. The highest BCUT2D eigenvalue weighted by Gasteiger charge is 2.14. The van der Waals surface area contributed by atoms with Gasteiger partial charge >= 0.3 is 0 Å². The largest absolute Gasteiger partial charge is 0.310 e. The molecular formula is C14H21N5. The molecule has 0 bridgehead atoms. The summed E-state index contributed by atoms with van der Waals surface area (Å²) in [6, 6.07) is 10.1. The lowest BCUT2D eigenvalue weighted by atomic mass is 10.1. The Morgan fingerprint density at radius 2 is 1.89 bits per heavy atom. The van der Waals surface area contributed by atoms with Gasteiger partial charge in [0.25, 0.3) is 0 Å². The predicted octanol–water partition coefficient (Wildman–Crippen LogP) is 2.29. The third-order valence-corrected chi connectivity index (χ3v) is 2.78. The quantitative estimate of drug-likeness (QED) is 0.915. The molecule has 5 nitrogen and oxygen atoms in total. The lowest BCUT2D eigenvalue weighted by Crippen LogP contribution is -2.39. The highest BCUT2D eigenvalue weighted by Crippen LogP contribution is 2.13. The minimum atomic E-state index is 0.0943. The molecule has 0 amide bonds. The molecule has 19 heavy (non-hydrogen) atoms. The molecule has 1 aromatic carbocycles. The minimum absolute atomic E-state index is 0.0943. The Kier molecular flexibility index (Phi) is 3.95. The molecular weight excluding hydrogens is 238 g/mol. The second-order valence-electron chi connectivity index (χ2n) is 5.78. The number of tetrazole rings is 1. The van der Waals surface area contributed by atoms with Gasteiger partial charge < -0.3 is 5.32 Å². The molecule has 1 atom stereocenters. The molecule has 0 saturated heterocycles. The van der Waals surface area contributed by atoms with Crippen LogP contribution in [-0.4, -0.2) is 32.3 Å². The van der Waals surface area contributed by atoms with Gasteiger partial charge in [0.2, 0.25) is 5.82 Å². The molecule has 0 aliphatic rings. The van der Waals surface area contributed by atoms with Crippen molar-refractivity contribution in [1.29, 1.82) is 0 Å². The van der Waals surface area contributed by atoms with Crippen LogP contribution in [-0.2, 0) is 0 Å². The average molecular weight is 259 g/mol. The maximum atomic E-state index is 4.44. The third-order valence-electron chi connectivity index (χ3n) is 2.78. The maximum absolute atomic E-state index is 4.44.